The van der Waals surface area contributed by atoms with Gasteiger partial charge in [0.05, 0.1) is 16.7 Å². The fourth-order valence-corrected chi connectivity index (χ4v) is 1.90. The van der Waals surface area contributed by atoms with Gasteiger partial charge in [-0.1, -0.05) is 47.5 Å². The lowest BCUT2D eigenvalue weighted by Crippen LogP contribution is -1.86. The van der Waals surface area contributed by atoms with E-state index < -0.39 is 5.82 Å². The molecule has 0 spiro atoms. The zero-order valence-electron chi connectivity index (χ0n) is 9.70. The summed E-state index contributed by atoms with van der Waals surface area (Å²) in [5.74, 6) is -0.536. The van der Waals surface area contributed by atoms with Crippen LogP contribution in [-0.2, 0) is 0 Å². The van der Waals surface area contributed by atoms with Gasteiger partial charge in [0.1, 0.15) is 5.82 Å². The smallest absolute Gasteiger partial charge is 0.149 e. The van der Waals surface area contributed by atoms with E-state index in [1.807, 2.05) is 6.07 Å². The van der Waals surface area contributed by atoms with Gasteiger partial charge in [-0.15, -0.1) is 0 Å². The van der Waals surface area contributed by atoms with Crippen molar-refractivity contribution in [1.82, 2.24) is 0 Å². The van der Waals surface area contributed by atoms with Crippen LogP contribution in [0.3, 0.4) is 0 Å². The van der Waals surface area contributed by atoms with E-state index in [4.69, 9.17) is 28.5 Å². The molecule has 2 aromatic rings. The minimum Gasteiger partial charge on any atom is -0.205 e. The van der Waals surface area contributed by atoms with Crippen LogP contribution in [-0.4, -0.2) is 0 Å². The Bertz CT molecular complexity index is 670. The number of hydrogen-bond acceptors (Lipinski definition) is 1. The summed E-state index contributed by atoms with van der Waals surface area (Å²) in [5.41, 5.74) is 1.29. The van der Waals surface area contributed by atoms with E-state index >= 15 is 0 Å². The summed E-state index contributed by atoms with van der Waals surface area (Å²) in [6.07, 6.45) is 1.46. The molecule has 0 heterocycles. The lowest BCUT2D eigenvalue weighted by atomic mass is 10.0. The molecule has 1 nitrogen and oxygen atoms in total. The van der Waals surface area contributed by atoms with Crippen molar-refractivity contribution in [2.75, 3.05) is 0 Å². The average molecular weight is 292 g/mol. The van der Waals surface area contributed by atoms with Crippen molar-refractivity contribution in [3.63, 3.8) is 0 Å². The van der Waals surface area contributed by atoms with Crippen LogP contribution in [0, 0.1) is 17.1 Å². The van der Waals surface area contributed by atoms with E-state index in [-0.39, 0.29) is 10.6 Å². The molecule has 0 bridgehead atoms. The zero-order valence-corrected chi connectivity index (χ0v) is 11.2. The molecule has 0 aliphatic rings. The minimum absolute atomic E-state index is 0.0298. The van der Waals surface area contributed by atoms with Crippen molar-refractivity contribution < 1.29 is 4.39 Å². The Kier molecular flexibility index (Phi) is 4.21. The standard InChI is InChI=1S/C15H8Cl2FN/c16-13-6-4-10(5-7-13)12(9-19)8-11-2-1-3-14(17)15(11)18/h1-8H. The van der Waals surface area contributed by atoms with E-state index in [0.29, 0.717) is 16.2 Å². The largest absolute Gasteiger partial charge is 0.205 e. The molecule has 0 aliphatic heterocycles. The second-order valence-electron chi connectivity index (χ2n) is 3.82. The SMILES string of the molecule is N#CC(=Cc1cccc(Cl)c1F)c1ccc(Cl)cc1. The van der Waals surface area contributed by atoms with E-state index in [2.05, 4.69) is 0 Å². The quantitative estimate of drug-likeness (QED) is 0.551. The number of hydrogen-bond donors (Lipinski definition) is 0. The van der Waals surface area contributed by atoms with Gasteiger partial charge in [-0.2, -0.15) is 5.26 Å². The molecule has 0 aromatic heterocycles. The number of benzene rings is 2. The Balaban J connectivity index is 2.48. The van der Waals surface area contributed by atoms with Gasteiger partial charge in [0.15, 0.2) is 0 Å². The summed E-state index contributed by atoms with van der Waals surface area (Å²) >= 11 is 11.5. The normalized spacial score (nSPS) is 11.2. The van der Waals surface area contributed by atoms with Crippen LogP contribution in [0.4, 0.5) is 4.39 Å². The van der Waals surface area contributed by atoms with Crippen molar-refractivity contribution in [1.29, 1.82) is 5.26 Å². The Hall–Kier alpha value is -1.82. The van der Waals surface area contributed by atoms with Gasteiger partial charge in [0.25, 0.3) is 0 Å². The summed E-state index contributed by atoms with van der Waals surface area (Å²) in [7, 11) is 0. The van der Waals surface area contributed by atoms with Gasteiger partial charge < -0.3 is 0 Å². The molecule has 0 radical (unpaired) electrons. The van der Waals surface area contributed by atoms with Crippen molar-refractivity contribution in [3.8, 4) is 6.07 Å². The molecule has 0 fully saturated rings. The van der Waals surface area contributed by atoms with Gasteiger partial charge in [-0.05, 0) is 29.8 Å². The number of halogens is 3. The first-order chi connectivity index (χ1) is 9.11. The maximum absolute atomic E-state index is 13.8. The molecule has 0 aliphatic carbocycles. The number of rotatable bonds is 2. The highest BCUT2D eigenvalue weighted by molar-refractivity contribution is 6.31. The Morgan fingerprint density at radius 3 is 2.42 bits per heavy atom. The third kappa shape index (κ3) is 3.14. The number of allylic oxidation sites excluding steroid dienone is 1. The average Bonchev–Trinajstić information content (AvgIpc) is 2.42. The molecule has 0 saturated heterocycles. The molecule has 19 heavy (non-hydrogen) atoms. The summed E-state index contributed by atoms with van der Waals surface area (Å²) < 4.78 is 13.8. The van der Waals surface area contributed by atoms with E-state index in [1.165, 1.54) is 12.1 Å². The molecule has 94 valence electrons. The number of nitrogens with zero attached hydrogens (tertiary/aromatic N) is 1. The maximum Gasteiger partial charge on any atom is 0.149 e. The van der Waals surface area contributed by atoms with Crippen molar-refractivity contribution in [2.45, 2.75) is 0 Å². The van der Waals surface area contributed by atoms with Crippen LogP contribution in [0.2, 0.25) is 10.0 Å². The molecule has 2 rings (SSSR count). The van der Waals surface area contributed by atoms with Gasteiger partial charge >= 0.3 is 0 Å². The van der Waals surface area contributed by atoms with Crippen LogP contribution in [0.15, 0.2) is 42.5 Å². The minimum atomic E-state index is -0.536. The van der Waals surface area contributed by atoms with Crippen LogP contribution < -0.4 is 0 Å². The lowest BCUT2D eigenvalue weighted by Gasteiger charge is -2.02. The molecule has 0 atom stereocenters. The van der Waals surface area contributed by atoms with Gasteiger partial charge in [-0.3, -0.25) is 0 Å². The fourth-order valence-electron chi connectivity index (χ4n) is 1.60. The maximum atomic E-state index is 13.8. The molecule has 0 saturated carbocycles. The van der Waals surface area contributed by atoms with E-state index in [0.717, 1.165) is 0 Å². The number of nitriles is 1. The summed E-state index contributed by atoms with van der Waals surface area (Å²) in [6.45, 7) is 0. The topological polar surface area (TPSA) is 23.8 Å². The molecule has 0 amide bonds. The zero-order chi connectivity index (χ0) is 13.8. The van der Waals surface area contributed by atoms with Crippen LogP contribution in [0.5, 0.6) is 0 Å². The molecule has 2 aromatic carbocycles. The Morgan fingerprint density at radius 1 is 1.11 bits per heavy atom. The first kappa shape index (κ1) is 13.6. The van der Waals surface area contributed by atoms with E-state index in [9.17, 15) is 4.39 Å². The van der Waals surface area contributed by atoms with Crippen molar-refractivity contribution in [3.05, 3.63) is 69.5 Å². The lowest BCUT2D eigenvalue weighted by molar-refractivity contribution is 0.625. The third-order valence-electron chi connectivity index (χ3n) is 2.56. The van der Waals surface area contributed by atoms with Crippen LogP contribution >= 0.6 is 23.2 Å². The van der Waals surface area contributed by atoms with Crippen LogP contribution in [0.1, 0.15) is 11.1 Å². The molecule has 0 unspecified atom stereocenters. The highest BCUT2D eigenvalue weighted by atomic mass is 35.5. The van der Waals surface area contributed by atoms with Crippen molar-refractivity contribution in [2.24, 2.45) is 0 Å². The molecular weight excluding hydrogens is 284 g/mol. The van der Waals surface area contributed by atoms with Gasteiger partial charge in [0, 0.05) is 10.6 Å². The highest BCUT2D eigenvalue weighted by Crippen LogP contribution is 2.24. The monoisotopic (exact) mass is 291 g/mol. The summed E-state index contributed by atoms with van der Waals surface area (Å²) in [4.78, 5) is 0. The first-order valence-electron chi connectivity index (χ1n) is 5.43. The molecular formula is C15H8Cl2FN. The van der Waals surface area contributed by atoms with Crippen LogP contribution in [0.25, 0.3) is 11.6 Å². The second kappa shape index (κ2) is 5.88. The summed E-state index contributed by atoms with van der Waals surface area (Å²) in [5, 5.41) is 9.77. The fraction of sp³-hybridized carbons (Fsp3) is 0. The van der Waals surface area contributed by atoms with E-state index in [1.54, 1.807) is 36.4 Å². The first-order valence-corrected chi connectivity index (χ1v) is 6.19. The van der Waals surface area contributed by atoms with Gasteiger partial charge in [0.2, 0.25) is 0 Å². The van der Waals surface area contributed by atoms with Crippen molar-refractivity contribution >= 4 is 34.9 Å². The Morgan fingerprint density at radius 2 is 1.79 bits per heavy atom. The predicted molar refractivity (Wildman–Crippen MR) is 76.3 cm³/mol. The predicted octanol–water partition coefficient (Wildman–Crippen LogP) is 5.20. The molecule has 4 heteroatoms. The third-order valence-corrected chi connectivity index (χ3v) is 3.10. The van der Waals surface area contributed by atoms with Gasteiger partial charge in [-0.25, -0.2) is 4.39 Å². The second-order valence-corrected chi connectivity index (χ2v) is 4.66. The Labute approximate surface area is 120 Å². The molecule has 0 N–H and O–H groups in total. The highest BCUT2D eigenvalue weighted by Gasteiger charge is 2.07. The summed E-state index contributed by atoms with van der Waals surface area (Å²) in [6, 6.07) is 13.5.